The van der Waals surface area contributed by atoms with Gasteiger partial charge in [-0.3, -0.25) is 9.36 Å². The van der Waals surface area contributed by atoms with Gasteiger partial charge < -0.3 is 10.1 Å². The van der Waals surface area contributed by atoms with Gasteiger partial charge >= 0.3 is 0 Å². The minimum atomic E-state index is -0.00918. The SMILES string of the molecule is COc1cccc(-c2nnc(SCC(=O)NCC(C)C)n2-c2ccc(C)cc2)c1. The summed E-state index contributed by atoms with van der Waals surface area (Å²) in [5.74, 6) is 2.15. The van der Waals surface area contributed by atoms with E-state index in [4.69, 9.17) is 4.74 Å². The standard InChI is InChI=1S/C22H26N4O2S/c1-15(2)13-23-20(27)14-29-22-25-24-21(17-6-5-7-19(12-17)28-4)26(22)18-10-8-16(3)9-11-18/h5-12,15H,13-14H2,1-4H3,(H,23,27). The maximum Gasteiger partial charge on any atom is 0.230 e. The van der Waals surface area contributed by atoms with Crippen LogP contribution >= 0.6 is 11.8 Å². The van der Waals surface area contributed by atoms with Crippen LogP contribution in [0.1, 0.15) is 19.4 Å². The van der Waals surface area contributed by atoms with Crippen molar-refractivity contribution in [3.05, 3.63) is 54.1 Å². The van der Waals surface area contributed by atoms with E-state index < -0.39 is 0 Å². The van der Waals surface area contributed by atoms with Crippen LogP contribution in [0.3, 0.4) is 0 Å². The second-order valence-corrected chi connectivity index (χ2v) is 8.14. The van der Waals surface area contributed by atoms with Crippen LogP contribution in [0, 0.1) is 12.8 Å². The Morgan fingerprint density at radius 2 is 1.93 bits per heavy atom. The molecule has 1 heterocycles. The highest BCUT2D eigenvalue weighted by atomic mass is 32.2. The van der Waals surface area contributed by atoms with E-state index in [0.717, 1.165) is 17.0 Å². The summed E-state index contributed by atoms with van der Waals surface area (Å²) in [6.45, 7) is 6.86. The highest BCUT2D eigenvalue weighted by Crippen LogP contribution is 2.29. The molecule has 29 heavy (non-hydrogen) atoms. The number of aromatic nitrogens is 3. The fraction of sp³-hybridized carbons (Fsp3) is 0.318. The Kier molecular flexibility index (Phi) is 6.93. The smallest absolute Gasteiger partial charge is 0.230 e. The largest absolute Gasteiger partial charge is 0.497 e. The van der Waals surface area contributed by atoms with Crippen LogP contribution in [0.5, 0.6) is 5.75 Å². The Morgan fingerprint density at radius 3 is 2.62 bits per heavy atom. The summed E-state index contributed by atoms with van der Waals surface area (Å²) < 4.78 is 7.33. The molecule has 0 aliphatic heterocycles. The lowest BCUT2D eigenvalue weighted by Crippen LogP contribution is -2.28. The molecule has 7 heteroatoms. The number of benzene rings is 2. The third kappa shape index (κ3) is 5.38. The van der Waals surface area contributed by atoms with Crippen molar-refractivity contribution in [3.63, 3.8) is 0 Å². The lowest BCUT2D eigenvalue weighted by atomic mass is 10.2. The van der Waals surface area contributed by atoms with Gasteiger partial charge in [-0.25, -0.2) is 0 Å². The first-order valence-electron chi connectivity index (χ1n) is 9.54. The van der Waals surface area contributed by atoms with E-state index in [1.807, 2.05) is 47.9 Å². The summed E-state index contributed by atoms with van der Waals surface area (Å²) in [4.78, 5) is 12.2. The quantitative estimate of drug-likeness (QED) is 0.566. The number of hydrogen-bond acceptors (Lipinski definition) is 5. The molecule has 0 aliphatic rings. The number of nitrogens with one attached hydrogen (secondary N) is 1. The minimum absolute atomic E-state index is 0.00918. The van der Waals surface area contributed by atoms with Gasteiger partial charge in [0.15, 0.2) is 11.0 Å². The Labute approximate surface area is 175 Å². The lowest BCUT2D eigenvalue weighted by molar-refractivity contribution is -0.118. The molecule has 0 bridgehead atoms. The topological polar surface area (TPSA) is 69.0 Å². The predicted octanol–water partition coefficient (Wildman–Crippen LogP) is 4.12. The second kappa shape index (κ2) is 9.60. The molecule has 152 valence electrons. The van der Waals surface area contributed by atoms with E-state index in [1.165, 1.54) is 17.3 Å². The Balaban J connectivity index is 1.93. The van der Waals surface area contributed by atoms with E-state index >= 15 is 0 Å². The van der Waals surface area contributed by atoms with Crippen molar-refractivity contribution in [1.29, 1.82) is 0 Å². The van der Waals surface area contributed by atoms with Crippen molar-refractivity contribution in [2.45, 2.75) is 25.9 Å². The molecule has 0 spiro atoms. The maximum atomic E-state index is 12.2. The number of amides is 1. The molecule has 0 radical (unpaired) electrons. The first-order chi connectivity index (χ1) is 14.0. The van der Waals surface area contributed by atoms with Crippen molar-refractivity contribution < 1.29 is 9.53 Å². The molecule has 0 unspecified atom stereocenters. The fourth-order valence-electron chi connectivity index (χ4n) is 2.74. The van der Waals surface area contributed by atoms with Crippen molar-refractivity contribution in [2.75, 3.05) is 19.4 Å². The van der Waals surface area contributed by atoms with Gasteiger partial charge in [0.25, 0.3) is 0 Å². The molecule has 2 aromatic carbocycles. The number of ether oxygens (including phenoxy) is 1. The van der Waals surface area contributed by atoms with Crippen LogP contribution in [0.15, 0.2) is 53.7 Å². The Morgan fingerprint density at radius 1 is 1.17 bits per heavy atom. The molecular formula is C22H26N4O2S. The van der Waals surface area contributed by atoms with Crippen molar-refractivity contribution in [1.82, 2.24) is 20.1 Å². The van der Waals surface area contributed by atoms with Crippen LogP contribution in [-0.4, -0.2) is 40.1 Å². The van der Waals surface area contributed by atoms with Gasteiger partial charge in [0.1, 0.15) is 5.75 Å². The molecular weight excluding hydrogens is 384 g/mol. The van der Waals surface area contributed by atoms with Crippen LogP contribution in [0.4, 0.5) is 0 Å². The van der Waals surface area contributed by atoms with Crippen LogP contribution in [0.25, 0.3) is 17.1 Å². The van der Waals surface area contributed by atoms with Crippen LogP contribution in [0.2, 0.25) is 0 Å². The fourth-order valence-corrected chi connectivity index (χ4v) is 3.52. The number of aryl methyl sites for hydroxylation is 1. The number of hydrogen-bond donors (Lipinski definition) is 1. The third-order valence-corrected chi connectivity index (χ3v) is 5.22. The van der Waals surface area contributed by atoms with Crippen LogP contribution in [-0.2, 0) is 4.79 Å². The summed E-state index contributed by atoms with van der Waals surface area (Å²) in [5.41, 5.74) is 3.02. The van der Waals surface area contributed by atoms with Gasteiger partial charge in [0, 0.05) is 17.8 Å². The second-order valence-electron chi connectivity index (χ2n) is 7.20. The molecule has 0 saturated carbocycles. The first kappa shape index (κ1) is 20.9. The molecule has 0 saturated heterocycles. The number of carbonyl (C=O) groups excluding carboxylic acids is 1. The Bertz CT molecular complexity index is 967. The summed E-state index contributed by atoms with van der Waals surface area (Å²) in [7, 11) is 1.64. The zero-order chi connectivity index (χ0) is 20.8. The van der Waals surface area contributed by atoms with Gasteiger partial charge in [-0.2, -0.15) is 0 Å². The summed E-state index contributed by atoms with van der Waals surface area (Å²) in [5, 5.41) is 12.4. The van der Waals surface area contributed by atoms with E-state index in [-0.39, 0.29) is 11.7 Å². The average molecular weight is 411 g/mol. The summed E-state index contributed by atoms with van der Waals surface area (Å²) >= 11 is 1.38. The number of carbonyl (C=O) groups is 1. The van der Waals surface area contributed by atoms with Gasteiger partial charge in [-0.1, -0.05) is 55.4 Å². The van der Waals surface area contributed by atoms with Crippen molar-refractivity contribution >= 4 is 17.7 Å². The number of rotatable bonds is 8. The highest BCUT2D eigenvalue weighted by Gasteiger charge is 2.18. The van der Waals surface area contributed by atoms with Crippen LogP contribution < -0.4 is 10.1 Å². The maximum absolute atomic E-state index is 12.2. The summed E-state index contributed by atoms with van der Waals surface area (Å²) in [6, 6.07) is 15.9. The molecule has 0 aliphatic carbocycles. The zero-order valence-corrected chi connectivity index (χ0v) is 18.0. The minimum Gasteiger partial charge on any atom is -0.497 e. The number of methoxy groups -OCH3 is 1. The molecule has 6 nitrogen and oxygen atoms in total. The van der Waals surface area contributed by atoms with Gasteiger partial charge in [0.05, 0.1) is 12.9 Å². The molecule has 1 N–H and O–H groups in total. The van der Waals surface area contributed by atoms with Gasteiger partial charge in [-0.15, -0.1) is 10.2 Å². The third-order valence-electron chi connectivity index (χ3n) is 4.29. The first-order valence-corrected chi connectivity index (χ1v) is 10.5. The number of thioether (sulfide) groups is 1. The molecule has 0 fully saturated rings. The molecule has 0 atom stereocenters. The molecule has 3 aromatic rings. The van der Waals surface area contributed by atoms with Crippen molar-refractivity contribution in [2.24, 2.45) is 5.92 Å². The Hall–Kier alpha value is -2.80. The molecule has 3 rings (SSSR count). The van der Waals surface area contributed by atoms with E-state index in [1.54, 1.807) is 7.11 Å². The lowest BCUT2D eigenvalue weighted by Gasteiger charge is -2.12. The predicted molar refractivity (Wildman–Crippen MR) is 117 cm³/mol. The molecule has 1 aromatic heterocycles. The van der Waals surface area contributed by atoms with Crippen molar-refractivity contribution in [3.8, 4) is 22.8 Å². The van der Waals surface area contributed by atoms with Gasteiger partial charge in [-0.05, 0) is 37.1 Å². The van der Waals surface area contributed by atoms with E-state index in [0.29, 0.717) is 23.4 Å². The zero-order valence-electron chi connectivity index (χ0n) is 17.2. The van der Waals surface area contributed by atoms with Gasteiger partial charge in [0.2, 0.25) is 5.91 Å². The number of nitrogens with zero attached hydrogens (tertiary/aromatic N) is 3. The summed E-state index contributed by atoms with van der Waals surface area (Å²) in [6.07, 6.45) is 0. The average Bonchev–Trinajstić information content (AvgIpc) is 3.15. The normalized spacial score (nSPS) is 10.9. The monoisotopic (exact) mass is 410 g/mol. The highest BCUT2D eigenvalue weighted by molar-refractivity contribution is 7.99. The van der Waals surface area contributed by atoms with E-state index in [9.17, 15) is 4.79 Å². The molecule has 1 amide bonds. The van der Waals surface area contributed by atoms with E-state index in [2.05, 4.69) is 41.5 Å².